The standard InChI is InChI=1S/C18H23NO3/c1-12(2)22-18(21)17-15-9-8-14(10-16(17)20)19(15)11-13-6-4-3-5-7-13/h3-7,12,14-15,17H,8-11H2,1-2H3/t14-,15+,17+/m0/s1. The largest absolute Gasteiger partial charge is 0.462 e. The maximum absolute atomic E-state index is 12.3. The van der Waals surface area contributed by atoms with E-state index < -0.39 is 5.92 Å². The van der Waals surface area contributed by atoms with Crippen LogP contribution in [0.4, 0.5) is 0 Å². The lowest BCUT2D eigenvalue weighted by molar-refractivity contribution is -0.160. The molecule has 0 amide bonds. The maximum Gasteiger partial charge on any atom is 0.318 e. The van der Waals surface area contributed by atoms with E-state index in [0.29, 0.717) is 6.42 Å². The van der Waals surface area contributed by atoms with Crippen molar-refractivity contribution in [3.63, 3.8) is 0 Å². The van der Waals surface area contributed by atoms with Gasteiger partial charge in [0.25, 0.3) is 0 Å². The minimum Gasteiger partial charge on any atom is -0.462 e. The van der Waals surface area contributed by atoms with Crippen molar-refractivity contribution in [2.24, 2.45) is 5.92 Å². The molecule has 1 aromatic carbocycles. The van der Waals surface area contributed by atoms with Crippen LogP contribution < -0.4 is 0 Å². The molecule has 4 heteroatoms. The van der Waals surface area contributed by atoms with Crippen LogP contribution in [0.25, 0.3) is 0 Å². The van der Waals surface area contributed by atoms with Crippen molar-refractivity contribution in [1.82, 2.24) is 4.90 Å². The van der Waals surface area contributed by atoms with Crippen LogP contribution in [0.5, 0.6) is 0 Å². The third-order valence-electron chi connectivity index (χ3n) is 4.67. The van der Waals surface area contributed by atoms with Gasteiger partial charge in [0, 0.05) is 25.0 Å². The van der Waals surface area contributed by atoms with Gasteiger partial charge < -0.3 is 4.74 Å². The molecule has 2 fully saturated rings. The van der Waals surface area contributed by atoms with Crippen LogP contribution >= 0.6 is 0 Å². The summed E-state index contributed by atoms with van der Waals surface area (Å²) in [6.07, 6.45) is 2.19. The molecular formula is C18H23NO3. The van der Waals surface area contributed by atoms with Crippen molar-refractivity contribution in [2.45, 2.75) is 57.8 Å². The lowest BCUT2D eigenvalue weighted by Gasteiger charge is -2.38. The fourth-order valence-corrected chi connectivity index (χ4v) is 3.75. The Morgan fingerprint density at radius 3 is 2.68 bits per heavy atom. The topological polar surface area (TPSA) is 46.6 Å². The predicted molar refractivity (Wildman–Crippen MR) is 83.1 cm³/mol. The van der Waals surface area contributed by atoms with Crippen LogP contribution in [0.1, 0.15) is 38.7 Å². The quantitative estimate of drug-likeness (QED) is 0.633. The highest BCUT2D eigenvalue weighted by Crippen LogP contribution is 2.39. The van der Waals surface area contributed by atoms with E-state index in [9.17, 15) is 9.59 Å². The lowest BCUT2D eigenvalue weighted by atomic mass is 9.88. The van der Waals surface area contributed by atoms with E-state index in [1.54, 1.807) is 0 Å². The summed E-state index contributed by atoms with van der Waals surface area (Å²) in [4.78, 5) is 27.0. The smallest absolute Gasteiger partial charge is 0.318 e. The molecule has 1 aromatic rings. The molecule has 4 nitrogen and oxygen atoms in total. The summed E-state index contributed by atoms with van der Waals surface area (Å²) >= 11 is 0. The molecule has 2 aliphatic rings. The molecule has 0 aromatic heterocycles. The Balaban J connectivity index is 1.78. The Hall–Kier alpha value is -1.68. The van der Waals surface area contributed by atoms with E-state index in [1.165, 1.54) is 5.56 Å². The first kappa shape index (κ1) is 15.2. The first-order chi connectivity index (χ1) is 10.6. The van der Waals surface area contributed by atoms with Crippen molar-refractivity contribution in [3.8, 4) is 0 Å². The first-order valence-corrected chi connectivity index (χ1v) is 8.09. The highest BCUT2D eigenvalue weighted by atomic mass is 16.5. The van der Waals surface area contributed by atoms with Gasteiger partial charge in [-0.3, -0.25) is 14.5 Å². The van der Waals surface area contributed by atoms with Gasteiger partial charge in [0.1, 0.15) is 11.7 Å². The van der Waals surface area contributed by atoms with Gasteiger partial charge in [-0.15, -0.1) is 0 Å². The van der Waals surface area contributed by atoms with Crippen LogP contribution in [0, 0.1) is 5.92 Å². The highest BCUT2D eigenvalue weighted by Gasteiger charge is 2.50. The van der Waals surface area contributed by atoms with Crippen LogP contribution in [-0.2, 0) is 20.9 Å². The number of hydrogen-bond acceptors (Lipinski definition) is 4. The average Bonchev–Trinajstić information content (AvgIpc) is 2.74. The number of piperidine rings is 1. The van der Waals surface area contributed by atoms with E-state index >= 15 is 0 Å². The van der Waals surface area contributed by atoms with Crippen LogP contribution in [0.3, 0.4) is 0 Å². The molecule has 118 valence electrons. The molecule has 0 spiro atoms. The zero-order chi connectivity index (χ0) is 15.7. The fourth-order valence-electron chi connectivity index (χ4n) is 3.75. The summed E-state index contributed by atoms with van der Waals surface area (Å²) in [5, 5.41) is 0. The van der Waals surface area contributed by atoms with E-state index in [0.717, 1.165) is 19.4 Å². The number of hydrogen-bond donors (Lipinski definition) is 0. The van der Waals surface area contributed by atoms with Crippen molar-refractivity contribution in [2.75, 3.05) is 0 Å². The lowest BCUT2D eigenvalue weighted by Crippen LogP contribution is -2.52. The first-order valence-electron chi connectivity index (χ1n) is 8.09. The summed E-state index contributed by atoms with van der Waals surface area (Å²) in [6, 6.07) is 10.5. The number of carbonyl (C=O) groups is 2. The van der Waals surface area contributed by atoms with Crippen molar-refractivity contribution in [3.05, 3.63) is 35.9 Å². The van der Waals surface area contributed by atoms with Gasteiger partial charge in [-0.1, -0.05) is 30.3 Å². The predicted octanol–water partition coefficient (Wildman–Crippen LogP) is 2.56. The fraction of sp³-hybridized carbons (Fsp3) is 0.556. The Morgan fingerprint density at radius 2 is 2.00 bits per heavy atom. The molecule has 3 atom stereocenters. The van der Waals surface area contributed by atoms with Gasteiger partial charge >= 0.3 is 5.97 Å². The number of esters is 1. The Kier molecular flexibility index (Phi) is 4.30. The molecule has 0 saturated carbocycles. The second kappa shape index (κ2) is 6.21. The number of fused-ring (bicyclic) bond motifs is 2. The highest BCUT2D eigenvalue weighted by molar-refractivity contribution is 6.01. The van der Waals surface area contributed by atoms with Gasteiger partial charge in [-0.2, -0.15) is 0 Å². The SMILES string of the molecule is CC(C)OC(=O)[C@H]1C(=O)C[C@@H]2CC[C@H]1N2Cc1ccccc1. The summed E-state index contributed by atoms with van der Waals surface area (Å²) < 4.78 is 5.32. The number of carbonyl (C=O) groups excluding carboxylic acids is 2. The molecule has 2 bridgehead atoms. The van der Waals surface area contributed by atoms with Gasteiger partial charge in [0.05, 0.1) is 6.10 Å². The third-order valence-corrected chi connectivity index (χ3v) is 4.67. The maximum atomic E-state index is 12.3. The number of ether oxygens (including phenoxy) is 1. The summed E-state index contributed by atoms with van der Waals surface area (Å²) in [6.45, 7) is 4.45. The van der Waals surface area contributed by atoms with Crippen molar-refractivity contribution >= 4 is 11.8 Å². The Labute approximate surface area is 131 Å². The van der Waals surface area contributed by atoms with Crippen LogP contribution in [0.15, 0.2) is 30.3 Å². The molecule has 0 radical (unpaired) electrons. The molecular weight excluding hydrogens is 278 g/mol. The third kappa shape index (κ3) is 2.93. The monoisotopic (exact) mass is 301 g/mol. The second-order valence-electron chi connectivity index (χ2n) is 6.59. The summed E-state index contributed by atoms with van der Waals surface area (Å²) in [7, 11) is 0. The van der Waals surface area contributed by atoms with E-state index in [2.05, 4.69) is 17.0 Å². The van der Waals surface area contributed by atoms with E-state index in [-0.39, 0.29) is 29.9 Å². The van der Waals surface area contributed by atoms with Gasteiger partial charge in [-0.05, 0) is 32.3 Å². The number of rotatable bonds is 4. The molecule has 22 heavy (non-hydrogen) atoms. The molecule has 0 N–H and O–H groups in total. The number of benzene rings is 1. The molecule has 0 aliphatic carbocycles. The number of Topliss-reactive ketones (excluding diaryl/α,β-unsaturated/α-hetero) is 1. The number of ketones is 1. The molecule has 2 aliphatic heterocycles. The molecule has 2 saturated heterocycles. The van der Waals surface area contributed by atoms with Gasteiger partial charge in [0.15, 0.2) is 0 Å². The minimum atomic E-state index is -0.607. The Bertz CT molecular complexity index is 555. The molecule has 3 rings (SSSR count). The molecule has 2 heterocycles. The van der Waals surface area contributed by atoms with Gasteiger partial charge in [0.2, 0.25) is 0 Å². The van der Waals surface area contributed by atoms with E-state index in [4.69, 9.17) is 4.74 Å². The Morgan fingerprint density at radius 1 is 1.27 bits per heavy atom. The van der Waals surface area contributed by atoms with Crippen molar-refractivity contribution in [1.29, 1.82) is 0 Å². The summed E-state index contributed by atoms with van der Waals surface area (Å²) in [5.41, 5.74) is 1.23. The van der Waals surface area contributed by atoms with Gasteiger partial charge in [-0.25, -0.2) is 0 Å². The summed E-state index contributed by atoms with van der Waals surface area (Å²) in [5.74, 6) is -0.893. The average molecular weight is 301 g/mol. The van der Waals surface area contributed by atoms with Crippen LogP contribution in [0.2, 0.25) is 0 Å². The number of nitrogens with zero attached hydrogens (tertiary/aromatic N) is 1. The zero-order valence-electron chi connectivity index (χ0n) is 13.2. The molecule has 0 unspecified atom stereocenters. The second-order valence-corrected chi connectivity index (χ2v) is 6.59. The normalized spacial score (nSPS) is 28.1. The zero-order valence-corrected chi connectivity index (χ0v) is 13.2. The minimum absolute atomic E-state index is 0.00212. The van der Waals surface area contributed by atoms with E-state index in [1.807, 2.05) is 32.0 Å². The van der Waals surface area contributed by atoms with Crippen LogP contribution in [-0.4, -0.2) is 34.8 Å². The van der Waals surface area contributed by atoms with Crippen molar-refractivity contribution < 1.29 is 14.3 Å².